The molecule has 1 aromatic carbocycles. The number of ether oxygens (including phenoxy) is 1. The Balaban J connectivity index is 1.50. The largest absolute Gasteiger partial charge is 0.444 e. The molecule has 0 atom stereocenters. The third kappa shape index (κ3) is 4.71. The number of anilines is 1. The van der Waals surface area contributed by atoms with Gasteiger partial charge in [-0.3, -0.25) is 0 Å². The molecule has 0 radical (unpaired) electrons. The first-order chi connectivity index (χ1) is 14.8. The molecule has 2 aliphatic rings. The smallest absolute Gasteiger partial charge is 0.410 e. The first-order valence-corrected chi connectivity index (χ1v) is 12.1. The zero-order valence-electron chi connectivity index (χ0n) is 18.7. The molecular weight excluding hydrogens is 413 g/mol. The summed E-state index contributed by atoms with van der Waals surface area (Å²) in [6, 6.07) is 7.18. The van der Waals surface area contributed by atoms with Gasteiger partial charge in [-0.2, -0.15) is 0 Å². The summed E-state index contributed by atoms with van der Waals surface area (Å²) in [5.74, 6) is -0.134. The van der Waals surface area contributed by atoms with Crippen LogP contribution in [-0.4, -0.2) is 47.8 Å². The van der Waals surface area contributed by atoms with Gasteiger partial charge < -0.3 is 14.5 Å². The fraction of sp³-hybridized carbons (Fsp3) is 0.583. The molecule has 0 bridgehead atoms. The van der Waals surface area contributed by atoms with Gasteiger partial charge >= 0.3 is 6.09 Å². The van der Waals surface area contributed by atoms with E-state index in [2.05, 4.69) is 10.3 Å². The Hall–Kier alpha value is -2.15. The summed E-state index contributed by atoms with van der Waals surface area (Å²) < 4.78 is 20.3. The van der Waals surface area contributed by atoms with E-state index in [0.717, 1.165) is 55.2 Å². The SMILES string of the molecule is CC(C)(C)OC(=O)N1CCN(c2nc(C3(c4ccccc4F)CCCCC3)cs2)CC1. The van der Waals surface area contributed by atoms with Crippen molar-refractivity contribution < 1.29 is 13.9 Å². The Morgan fingerprint density at radius 1 is 1.10 bits per heavy atom. The lowest BCUT2D eigenvalue weighted by molar-refractivity contribution is 0.0240. The van der Waals surface area contributed by atoms with Gasteiger partial charge in [-0.15, -0.1) is 11.3 Å². The number of carbonyl (C=O) groups excluding carboxylic acids is 1. The summed E-state index contributed by atoms with van der Waals surface area (Å²) in [7, 11) is 0. The molecule has 31 heavy (non-hydrogen) atoms. The Kier molecular flexibility index (Phi) is 6.24. The zero-order valence-corrected chi connectivity index (χ0v) is 19.5. The van der Waals surface area contributed by atoms with Gasteiger partial charge in [0, 0.05) is 37.0 Å². The highest BCUT2D eigenvalue weighted by Gasteiger charge is 2.40. The van der Waals surface area contributed by atoms with Crippen LogP contribution in [0.1, 0.15) is 64.1 Å². The number of rotatable bonds is 3. The van der Waals surface area contributed by atoms with Gasteiger partial charge in [0.25, 0.3) is 0 Å². The average molecular weight is 446 g/mol. The lowest BCUT2D eigenvalue weighted by Gasteiger charge is -2.37. The minimum atomic E-state index is -0.487. The monoisotopic (exact) mass is 445 g/mol. The molecule has 1 aliphatic heterocycles. The van der Waals surface area contributed by atoms with Crippen molar-refractivity contribution >= 4 is 22.6 Å². The summed E-state index contributed by atoms with van der Waals surface area (Å²) in [6.45, 7) is 8.32. The first kappa shape index (κ1) is 22.1. The van der Waals surface area contributed by atoms with Crippen LogP contribution in [-0.2, 0) is 10.2 Å². The molecule has 2 fully saturated rings. The number of thiazole rings is 1. The molecule has 5 nitrogen and oxygen atoms in total. The van der Waals surface area contributed by atoms with Crippen LogP contribution in [0.3, 0.4) is 0 Å². The van der Waals surface area contributed by atoms with Gasteiger partial charge in [0.15, 0.2) is 5.13 Å². The molecule has 0 unspecified atom stereocenters. The van der Waals surface area contributed by atoms with Crippen LogP contribution in [0.5, 0.6) is 0 Å². The van der Waals surface area contributed by atoms with Gasteiger partial charge in [-0.05, 0) is 45.2 Å². The molecule has 1 amide bonds. The number of benzene rings is 1. The molecule has 1 aromatic heterocycles. The first-order valence-electron chi connectivity index (χ1n) is 11.2. The molecule has 2 heterocycles. The van der Waals surface area contributed by atoms with E-state index in [1.807, 2.05) is 32.9 Å². The van der Waals surface area contributed by atoms with E-state index in [9.17, 15) is 9.18 Å². The van der Waals surface area contributed by atoms with Gasteiger partial charge in [-0.25, -0.2) is 14.2 Å². The number of hydrogen-bond donors (Lipinski definition) is 0. The number of aromatic nitrogens is 1. The van der Waals surface area contributed by atoms with E-state index in [1.165, 1.54) is 6.42 Å². The van der Waals surface area contributed by atoms with Crippen LogP contribution < -0.4 is 4.90 Å². The van der Waals surface area contributed by atoms with E-state index in [4.69, 9.17) is 9.72 Å². The Bertz CT molecular complexity index is 910. The highest BCUT2D eigenvalue weighted by atomic mass is 32.1. The predicted molar refractivity (Wildman–Crippen MR) is 122 cm³/mol. The number of amides is 1. The maximum Gasteiger partial charge on any atom is 0.410 e. The topological polar surface area (TPSA) is 45.7 Å². The number of hydrogen-bond acceptors (Lipinski definition) is 5. The maximum atomic E-state index is 14.8. The third-order valence-electron chi connectivity index (χ3n) is 6.28. The third-order valence-corrected chi connectivity index (χ3v) is 7.18. The van der Waals surface area contributed by atoms with Gasteiger partial charge in [0.1, 0.15) is 11.4 Å². The minimum Gasteiger partial charge on any atom is -0.444 e. The minimum absolute atomic E-state index is 0.134. The zero-order chi connectivity index (χ0) is 22.1. The van der Waals surface area contributed by atoms with Crippen LogP contribution in [0, 0.1) is 5.82 Å². The average Bonchev–Trinajstić information content (AvgIpc) is 3.24. The normalized spacial score (nSPS) is 19.4. The van der Waals surface area contributed by atoms with Crippen molar-refractivity contribution in [1.82, 2.24) is 9.88 Å². The van der Waals surface area contributed by atoms with Crippen molar-refractivity contribution in [1.29, 1.82) is 0 Å². The molecular formula is C24H32FN3O2S. The van der Waals surface area contributed by atoms with Crippen molar-refractivity contribution in [3.63, 3.8) is 0 Å². The molecule has 1 aliphatic carbocycles. The van der Waals surface area contributed by atoms with E-state index in [1.54, 1.807) is 28.4 Å². The highest BCUT2D eigenvalue weighted by Crippen LogP contribution is 2.46. The van der Waals surface area contributed by atoms with Crippen molar-refractivity contribution in [2.75, 3.05) is 31.1 Å². The van der Waals surface area contributed by atoms with Crippen molar-refractivity contribution in [2.45, 2.75) is 63.9 Å². The van der Waals surface area contributed by atoms with Crippen molar-refractivity contribution in [2.24, 2.45) is 0 Å². The summed E-state index contributed by atoms with van der Waals surface area (Å²) >= 11 is 1.63. The van der Waals surface area contributed by atoms with Crippen LogP contribution in [0.15, 0.2) is 29.6 Å². The second-order valence-corrected chi connectivity index (χ2v) is 10.4. The van der Waals surface area contributed by atoms with E-state index < -0.39 is 5.60 Å². The molecule has 7 heteroatoms. The number of nitrogens with zero attached hydrogens (tertiary/aromatic N) is 3. The van der Waals surface area contributed by atoms with Crippen molar-refractivity contribution in [3.8, 4) is 0 Å². The Labute approximate surface area is 188 Å². The van der Waals surface area contributed by atoms with Gasteiger partial charge in [0.05, 0.1) is 5.69 Å². The van der Waals surface area contributed by atoms with Crippen LogP contribution >= 0.6 is 11.3 Å². The summed E-state index contributed by atoms with van der Waals surface area (Å²) in [5, 5.41) is 3.08. The highest BCUT2D eigenvalue weighted by molar-refractivity contribution is 7.13. The van der Waals surface area contributed by atoms with Crippen LogP contribution in [0.4, 0.5) is 14.3 Å². The predicted octanol–water partition coefficient (Wildman–Crippen LogP) is 5.59. The molecule has 0 N–H and O–H groups in total. The lowest BCUT2D eigenvalue weighted by Crippen LogP contribution is -2.50. The fourth-order valence-corrected chi connectivity index (χ4v) is 5.68. The fourth-order valence-electron chi connectivity index (χ4n) is 4.70. The standard InChI is InChI=1S/C24H32FN3O2S/c1-23(2,3)30-22(29)28-15-13-27(14-16-28)21-26-20(17-31-21)24(11-7-4-8-12-24)18-9-5-6-10-19(18)25/h5-6,9-10,17H,4,7-8,11-16H2,1-3H3. The molecule has 168 valence electrons. The van der Waals surface area contributed by atoms with E-state index >= 15 is 0 Å². The molecule has 1 saturated heterocycles. The molecule has 4 rings (SSSR count). The Morgan fingerprint density at radius 3 is 2.42 bits per heavy atom. The van der Waals surface area contributed by atoms with Gasteiger partial charge in [-0.1, -0.05) is 37.5 Å². The van der Waals surface area contributed by atoms with E-state index in [-0.39, 0.29) is 17.3 Å². The number of carbonyl (C=O) groups is 1. The molecule has 1 saturated carbocycles. The van der Waals surface area contributed by atoms with E-state index in [0.29, 0.717) is 13.1 Å². The molecule has 2 aromatic rings. The second-order valence-electron chi connectivity index (χ2n) is 9.59. The number of halogens is 1. The second kappa shape index (κ2) is 8.77. The van der Waals surface area contributed by atoms with Crippen LogP contribution in [0.2, 0.25) is 0 Å². The van der Waals surface area contributed by atoms with Gasteiger partial charge in [0.2, 0.25) is 0 Å². The maximum absolute atomic E-state index is 14.8. The van der Waals surface area contributed by atoms with Crippen molar-refractivity contribution in [3.05, 3.63) is 46.7 Å². The number of piperazine rings is 1. The summed E-state index contributed by atoms with van der Waals surface area (Å²) in [4.78, 5) is 21.3. The molecule has 0 spiro atoms. The van der Waals surface area contributed by atoms with Crippen LogP contribution in [0.25, 0.3) is 0 Å². The lowest BCUT2D eigenvalue weighted by atomic mass is 9.67. The summed E-state index contributed by atoms with van der Waals surface area (Å²) in [5.41, 5.74) is 0.948. The Morgan fingerprint density at radius 2 is 1.77 bits per heavy atom. The quantitative estimate of drug-likeness (QED) is 0.618. The summed E-state index contributed by atoms with van der Waals surface area (Å²) in [6.07, 6.45) is 4.99.